The van der Waals surface area contributed by atoms with Gasteiger partial charge in [-0.05, 0) is 26.8 Å². The lowest BCUT2D eigenvalue weighted by Crippen LogP contribution is -2.46. The van der Waals surface area contributed by atoms with Gasteiger partial charge >= 0.3 is 0 Å². The molecule has 0 saturated carbocycles. The number of amides is 1. The lowest BCUT2D eigenvalue weighted by molar-refractivity contribution is 0.0664. The van der Waals surface area contributed by atoms with Gasteiger partial charge in [0, 0.05) is 39.3 Å². The van der Waals surface area contributed by atoms with E-state index in [4.69, 9.17) is 4.42 Å². The monoisotopic (exact) mass is 365 g/mol. The molecule has 0 aromatic carbocycles. The molecule has 23 heavy (non-hydrogen) atoms. The molecule has 1 saturated heterocycles. The van der Waals surface area contributed by atoms with E-state index in [0.29, 0.717) is 13.1 Å². The third kappa shape index (κ3) is 4.06. The van der Waals surface area contributed by atoms with Gasteiger partial charge in [0.1, 0.15) is 10.7 Å². The molecule has 0 aliphatic carbocycles. The zero-order valence-corrected chi connectivity index (χ0v) is 15.5. The standard InChI is InChI=1S/C14H23N3O4S.ClH/c1-10-13(22(19,20)16(3)4)8-12(21-10)14(18)17-7-5-6-11(9-17)15-2;/h8,11,15H,5-7,9H2,1-4H3;1H. The minimum Gasteiger partial charge on any atom is -0.455 e. The number of aryl methyl sites for hydroxylation is 1. The summed E-state index contributed by atoms with van der Waals surface area (Å²) in [4.78, 5) is 14.3. The van der Waals surface area contributed by atoms with Gasteiger partial charge in [0.2, 0.25) is 10.0 Å². The van der Waals surface area contributed by atoms with Gasteiger partial charge in [0.25, 0.3) is 5.91 Å². The first-order valence-electron chi connectivity index (χ1n) is 7.27. The Kier molecular flexibility index (Phi) is 6.64. The molecule has 1 aliphatic heterocycles. The smallest absolute Gasteiger partial charge is 0.289 e. The van der Waals surface area contributed by atoms with Crippen LogP contribution in [-0.2, 0) is 10.0 Å². The molecule has 1 unspecified atom stereocenters. The third-order valence-corrected chi connectivity index (χ3v) is 5.88. The van der Waals surface area contributed by atoms with E-state index in [-0.39, 0.29) is 40.8 Å². The van der Waals surface area contributed by atoms with Crippen molar-refractivity contribution in [2.45, 2.75) is 30.7 Å². The van der Waals surface area contributed by atoms with Crippen LogP contribution in [0.15, 0.2) is 15.4 Å². The van der Waals surface area contributed by atoms with Crippen LogP contribution in [0.1, 0.15) is 29.2 Å². The largest absolute Gasteiger partial charge is 0.455 e. The number of hydrogen-bond acceptors (Lipinski definition) is 5. The quantitative estimate of drug-likeness (QED) is 0.863. The summed E-state index contributed by atoms with van der Waals surface area (Å²) in [5.74, 6) is 0.0529. The van der Waals surface area contributed by atoms with Crippen molar-refractivity contribution >= 4 is 28.3 Å². The number of sulfonamides is 1. The molecule has 0 bridgehead atoms. The van der Waals surface area contributed by atoms with Crippen molar-refractivity contribution in [1.29, 1.82) is 0 Å². The van der Waals surface area contributed by atoms with E-state index in [1.807, 2.05) is 7.05 Å². The third-order valence-electron chi connectivity index (χ3n) is 3.96. The maximum absolute atomic E-state index is 12.5. The maximum atomic E-state index is 12.5. The minimum atomic E-state index is -3.61. The van der Waals surface area contributed by atoms with Crippen LogP contribution in [0.5, 0.6) is 0 Å². The predicted molar refractivity (Wildman–Crippen MR) is 89.6 cm³/mol. The Bertz CT molecular complexity index is 657. The predicted octanol–water partition coefficient (Wildman–Crippen LogP) is 1.08. The van der Waals surface area contributed by atoms with Crippen LogP contribution in [-0.4, -0.2) is 63.8 Å². The molecule has 1 aliphatic rings. The number of halogens is 1. The van der Waals surface area contributed by atoms with Gasteiger partial charge in [0.05, 0.1) is 0 Å². The van der Waals surface area contributed by atoms with E-state index >= 15 is 0 Å². The molecule has 9 heteroatoms. The molecular weight excluding hydrogens is 342 g/mol. The molecule has 1 fully saturated rings. The van der Waals surface area contributed by atoms with Crippen LogP contribution < -0.4 is 5.32 Å². The van der Waals surface area contributed by atoms with Crippen LogP contribution >= 0.6 is 12.4 Å². The van der Waals surface area contributed by atoms with Gasteiger partial charge in [0.15, 0.2) is 5.76 Å². The Labute approximate surface area is 143 Å². The highest BCUT2D eigenvalue weighted by molar-refractivity contribution is 7.89. The fraction of sp³-hybridized carbons (Fsp3) is 0.643. The van der Waals surface area contributed by atoms with Gasteiger partial charge < -0.3 is 14.6 Å². The summed E-state index contributed by atoms with van der Waals surface area (Å²) in [6.45, 7) is 2.82. The number of hydrogen-bond donors (Lipinski definition) is 1. The number of carbonyl (C=O) groups is 1. The van der Waals surface area contributed by atoms with Crippen LogP contribution in [0.4, 0.5) is 0 Å². The van der Waals surface area contributed by atoms with Crippen molar-refractivity contribution in [2.75, 3.05) is 34.2 Å². The van der Waals surface area contributed by atoms with Crippen LogP contribution in [0.3, 0.4) is 0 Å². The Hall–Kier alpha value is -1.09. The molecule has 2 rings (SSSR count). The SMILES string of the molecule is CNC1CCCN(C(=O)c2cc(S(=O)(=O)N(C)C)c(C)o2)C1.Cl. The second-order valence-corrected chi connectivity index (χ2v) is 7.82. The van der Waals surface area contributed by atoms with E-state index in [1.165, 1.54) is 20.2 Å². The lowest BCUT2D eigenvalue weighted by atomic mass is 10.1. The van der Waals surface area contributed by atoms with Gasteiger partial charge in [-0.15, -0.1) is 12.4 Å². The van der Waals surface area contributed by atoms with Gasteiger partial charge in [-0.2, -0.15) is 0 Å². The van der Waals surface area contributed by atoms with Crippen molar-refractivity contribution in [3.63, 3.8) is 0 Å². The topological polar surface area (TPSA) is 82.9 Å². The molecule has 2 heterocycles. The average Bonchev–Trinajstić information content (AvgIpc) is 2.89. The van der Waals surface area contributed by atoms with E-state index in [0.717, 1.165) is 17.1 Å². The fourth-order valence-electron chi connectivity index (χ4n) is 2.58. The van der Waals surface area contributed by atoms with Crippen LogP contribution in [0.25, 0.3) is 0 Å². The summed E-state index contributed by atoms with van der Waals surface area (Å²) in [5.41, 5.74) is 0. The Morgan fingerprint density at radius 1 is 1.43 bits per heavy atom. The summed E-state index contributed by atoms with van der Waals surface area (Å²) in [6, 6.07) is 1.59. The lowest BCUT2D eigenvalue weighted by Gasteiger charge is -2.31. The van der Waals surface area contributed by atoms with Crippen molar-refractivity contribution in [3.05, 3.63) is 17.6 Å². The van der Waals surface area contributed by atoms with Gasteiger partial charge in [-0.25, -0.2) is 12.7 Å². The molecular formula is C14H24ClN3O4S. The molecule has 0 spiro atoms. The highest BCUT2D eigenvalue weighted by Crippen LogP contribution is 2.24. The summed E-state index contributed by atoms with van der Waals surface area (Å²) >= 11 is 0. The fourth-order valence-corrected chi connectivity index (χ4v) is 3.63. The average molecular weight is 366 g/mol. The zero-order valence-electron chi connectivity index (χ0n) is 13.8. The number of piperidine rings is 1. The number of nitrogens with one attached hydrogen (secondary N) is 1. The summed E-state index contributed by atoms with van der Waals surface area (Å²) in [7, 11) is 1.16. The first kappa shape index (κ1) is 20.0. The molecule has 1 amide bonds. The van der Waals surface area contributed by atoms with E-state index in [9.17, 15) is 13.2 Å². The number of carbonyl (C=O) groups excluding carboxylic acids is 1. The van der Waals surface area contributed by atoms with Crippen molar-refractivity contribution in [2.24, 2.45) is 0 Å². The zero-order chi connectivity index (χ0) is 16.5. The van der Waals surface area contributed by atoms with Crippen molar-refractivity contribution in [1.82, 2.24) is 14.5 Å². The number of nitrogens with zero attached hydrogens (tertiary/aromatic N) is 2. The Balaban J connectivity index is 0.00000264. The van der Waals surface area contributed by atoms with Crippen LogP contribution in [0.2, 0.25) is 0 Å². The van der Waals surface area contributed by atoms with E-state index < -0.39 is 10.0 Å². The van der Waals surface area contributed by atoms with E-state index in [1.54, 1.807) is 11.8 Å². The normalized spacial score (nSPS) is 18.8. The molecule has 1 aromatic rings. The van der Waals surface area contributed by atoms with Gasteiger partial charge in [-0.1, -0.05) is 0 Å². The number of likely N-dealkylation sites (tertiary alicyclic amines) is 1. The second-order valence-electron chi connectivity index (χ2n) is 5.70. The summed E-state index contributed by atoms with van der Waals surface area (Å²) in [6.07, 6.45) is 1.94. The highest BCUT2D eigenvalue weighted by Gasteiger charge is 2.29. The van der Waals surface area contributed by atoms with Crippen molar-refractivity contribution < 1.29 is 17.6 Å². The first-order chi connectivity index (χ1) is 10.3. The van der Waals surface area contributed by atoms with Gasteiger partial charge in [-0.3, -0.25) is 4.79 Å². The highest BCUT2D eigenvalue weighted by atomic mass is 35.5. The molecule has 1 aromatic heterocycles. The molecule has 0 radical (unpaired) electrons. The van der Waals surface area contributed by atoms with Crippen molar-refractivity contribution in [3.8, 4) is 0 Å². The summed E-state index contributed by atoms with van der Waals surface area (Å²) in [5, 5.41) is 3.17. The minimum absolute atomic E-state index is 0. The molecule has 132 valence electrons. The summed E-state index contributed by atoms with van der Waals surface area (Å²) < 4.78 is 30.9. The number of likely N-dealkylation sites (N-methyl/N-ethyl adjacent to an activating group) is 1. The molecule has 1 N–H and O–H groups in total. The number of furan rings is 1. The van der Waals surface area contributed by atoms with E-state index in [2.05, 4.69) is 5.32 Å². The Morgan fingerprint density at radius 2 is 2.09 bits per heavy atom. The van der Waals surface area contributed by atoms with Crippen LogP contribution in [0, 0.1) is 6.92 Å². The number of rotatable bonds is 4. The molecule has 7 nitrogen and oxygen atoms in total. The molecule has 1 atom stereocenters. The Morgan fingerprint density at radius 3 is 2.65 bits per heavy atom. The first-order valence-corrected chi connectivity index (χ1v) is 8.71. The maximum Gasteiger partial charge on any atom is 0.289 e. The second kappa shape index (κ2) is 7.65.